The molecule has 1 heteroatoms. The van der Waals surface area contributed by atoms with Crippen LogP contribution < -0.4 is 4.74 Å². The molecule has 1 aromatic rings. The molecule has 0 bridgehead atoms. The molecule has 1 spiro atoms. The average Bonchev–Trinajstić information content (AvgIpc) is 2.72. The van der Waals surface area contributed by atoms with Gasteiger partial charge in [0.1, 0.15) is 12.4 Å². The van der Waals surface area contributed by atoms with Crippen LogP contribution in [0.2, 0.25) is 0 Å². The molecule has 0 N–H and O–H groups in total. The Bertz CT molecular complexity index is 430. The Labute approximate surface area is 96.4 Å². The molecular formula is C15H16O. The van der Waals surface area contributed by atoms with Gasteiger partial charge in [-0.3, -0.25) is 0 Å². The molecule has 3 rings (SSSR count). The number of para-hydroxylation sites is 1. The largest absolute Gasteiger partial charge is 0.489 e. The molecule has 1 atom stereocenters. The molecule has 0 saturated heterocycles. The first-order chi connectivity index (χ1) is 7.86. The van der Waals surface area contributed by atoms with Gasteiger partial charge in [0.05, 0.1) is 0 Å². The maximum absolute atomic E-state index is 5.76. The fraction of sp³-hybridized carbons (Fsp3) is 0.333. The van der Waals surface area contributed by atoms with E-state index in [1.807, 2.05) is 30.3 Å². The fourth-order valence-corrected chi connectivity index (χ4v) is 2.46. The van der Waals surface area contributed by atoms with Crippen LogP contribution in [-0.2, 0) is 0 Å². The summed E-state index contributed by atoms with van der Waals surface area (Å²) in [6.45, 7) is 0.750. The third-order valence-corrected chi connectivity index (χ3v) is 3.52. The summed E-state index contributed by atoms with van der Waals surface area (Å²) in [7, 11) is 0. The van der Waals surface area contributed by atoms with E-state index in [0.29, 0.717) is 5.41 Å². The van der Waals surface area contributed by atoms with Crippen LogP contribution in [0, 0.1) is 5.41 Å². The van der Waals surface area contributed by atoms with Crippen molar-refractivity contribution in [3.63, 3.8) is 0 Å². The van der Waals surface area contributed by atoms with Gasteiger partial charge in [0.25, 0.3) is 0 Å². The maximum atomic E-state index is 5.76. The summed E-state index contributed by atoms with van der Waals surface area (Å²) >= 11 is 0. The Hall–Kier alpha value is -1.50. The van der Waals surface area contributed by atoms with E-state index in [4.69, 9.17) is 4.74 Å². The Balaban J connectivity index is 1.61. The lowest BCUT2D eigenvalue weighted by atomic mass is 9.76. The Morgan fingerprint density at radius 2 is 2.00 bits per heavy atom. The van der Waals surface area contributed by atoms with Gasteiger partial charge in [-0.05, 0) is 37.0 Å². The standard InChI is InChI=1S/C15H16O/c1-2-5-14(6-3-1)16-12-13-7-10-15(11-13)8-4-9-15/h1-6,8,11H,7,9-10,12H2. The van der Waals surface area contributed by atoms with E-state index in [1.165, 1.54) is 24.8 Å². The molecule has 1 aromatic carbocycles. The molecule has 0 radical (unpaired) electrons. The zero-order chi connectivity index (χ0) is 10.8. The molecule has 0 fully saturated rings. The minimum absolute atomic E-state index is 0.412. The molecule has 82 valence electrons. The lowest BCUT2D eigenvalue weighted by molar-refractivity contribution is 0.349. The van der Waals surface area contributed by atoms with E-state index in [1.54, 1.807) is 0 Å². The van der Waals surface area contributed by atoms with Crippen LogP contribution in [-0.4, -0.2) is 6.61 Å². The highest BCUT2D eigenvalue weighted by Gasteiger charge is 2.33. The molecule has 2 aliphatic carbocycles. The first kappa shape index (κ1) is 9.71. The summed E-state index contributed by atoms with van der Waals surface area (Å²) in [5.41, 5.74) is 1.86. The molecular weight excluding hydrogens is 196 g/mol. The molecule has 0 aromatic heterocycles. The maximum Gasteiger partial charge on any atom is 0.119 e. The molecule has 16 heavy (non-hydrogen) atoms. The normalized spacial score (nSPS) is 26.6. The van der Waals surface area contributed by atoms with E-state index < -0.39 is 0 Å². The number of ether oxygens (including phenoxy) is 1. The Morgan fingerprint density at radius 3 is 2.62 bits per heavy atom. The van der Waals surface area contributed by atoms with Gasteiger partial charge < -0.3 is 4.74 Å². The summed E-state index contributed by atoms with van der Waals surface area (Å²) in [5, 5.41) is 0. The van der Waals surface area contributed by atoms with Crippen LogP contribution in [0.5, 0.6) is 5.75 Å². The van der Waals surface area contributed by atoms with Crippen LogP contribution in [0.3, 0.4) is 0 Å². The van der Waals surface area contributed by atoms with Gasteiger partial charge in [-0.1, -0.05) is 36.4 Å². The van der Waals surface area contributed by atoms with Crippen molar-refractivity contribution >= 4 is 0 Å². The third-order valence-electron chi connectivity index (χ3n) is 3.52. The molecule has 2 aliphatic rings. The van der Waals surface area contributed by atoms with E-state index in [9.17, 15) is 0 Å². The summed E-state index contributed by atoms with van der Waals surface area (Å²) < 4.78 is 5.76. The van der Waals surface area contributed by atoms with Crippen molar-refractivity contribution in [2.24, 2.45) is 5.41 Å². The number of hydrogen-bond acceptors (Lipinski definition) is 1. The van der Waals surface area contributed by atoms with Gasteiger partial charge in [0.2, 0.25) is 0 Å². The van der Waals surface area contributed by atoms with Gasteiger partial charge in [-0.15, -0.1) is 0 Å². The van der Waals surface area contributed by atoms with Crippen molar-refractivity contribution in [2.45, 2.75) is 19.3 Å². The van der Waals surface area contributed by atoms with Crippen LogP contribution in [0.4, 0.5) is 0 Å². The highest BCUT2D eigenvalue weighted by atomic mass is 16.5. The molecule has 0 aliphatic heterocycles. The van der Waals surface area contributed by atoms with Crippen LogP contribution >= 0.6 is 0 Å². The second-order valence-electron chi connectivity index (χ2n) is 4.74. The topological polar surface area (TPSA) is 9.23 Å². The molecule has 1 unspecified atom stereocenters. The molecule has 1 nitrogen and oxygen atoms in total. The van der Waals surface area contributed by atoms with Crippen molar-refractivity contribution in [1.29, 1.82) is 0 Å². The summed E-state index contributed by atoms with van der Waals surface area (Å²) in [6, 6.07) is 10.0. The van der Waals surface area contributed by atoms with E-state index >= 15 is 0 Å². The van der Waals surface area contributed by atoms with Gasteiger partial charge in [0, 0.05) is 5.41 Å². The monoisotopic (exact) mass is 212 g/mol. The SMILES string of the molecule is C1=CC2(C=C(COc3ccccc3)CC2)C1. The van der Waals surface area contributed by atoms with Gasteiger partial charge in [-0.25, -0.2) is 0 Å². The fourth-order valence-electron chi connectivity index (χ4n) is 2.46. The minimum Gasteiger partial charge on any atom is -0.489 e. The molecule has 0 saturated carbocycles. The highest BCUT2D eigenvalue weighted by molar-refractivity contribution is 5.31. The zero-order valence-electron chi connectivity index (χ0n) is 9.36. The number of rotatable bonds is 3. The first-order valence-electron chi connectivity index (χ1n) is 5.93. The quantitative estimate of drug-likeness (QED) is 0.694. The van der Waals surface area contributed by atoms with Gasteiger partial charge in [0.15, 0.2) is 0 Å². The number of allylic oxidation sites excluding steroid dienone is 3. The highest BCUT2D eigenvalue weighted by Crippen LogP contribution is 2.45. The zero-order valence-corrected chi connectivity index (χ0v) is 9.36. The number of benzene rings is 1. The van der Waals surface area contributed by atoms with E-state index in [-0.39, 0.29) is 0 Å². The third kappa shape index (κ3) is 1.78. The predicted molar refractivity (Wildman–Crippen MR) is 65.4 cm³/mol. The summed E-state index contributed by atoms with van der Waals surface area (Å²) in [6.07, 6.45) is 10.7. The first-order valence-corrected chi connectivity index (χ1v) is 5.93. The predicted octanol–water partition coefficient (Wildman–Crippen LogP) is 3.73. The van der Waals surface area contributed by atoms with Crippen molar-refractivity contribution in [2.75, 3.05) is 6.61 Å². The number of hydrogen-bond donors (Lipinski definition) is 0. The van der Waals surface area contributed by atoms with Crippen LogP contribution in [0.15, 0.2) is 54.1 Å². The van der Waals surface area contributed by atoms with Crippen molar-refractivity contribution < 1.29 is 4.74 Å². The lowest BCUT2D eigenvalue weighted by Gasteiger charge is -2.28. The van der Waals surface area contributed by atoms with Crippen molar-refractivity contribution in [3.8, 4) is 5.75 Å². The Morgan fingerprint density at radius 1 is 1.19 bits per heavy atom. The minimum atomic E-state index is 0.412. The van der Waals surface area contributed by atoms with E-state index in [0.717, 1.165) is 12.4 Å². The lowest BCUT2D eigenvalue weighted by Crippen LogP contribution is -2.16. The molecule has 0 heterocycles. The van der Waals surface area contributed by atoms with Gasteiger partial charge in [-0.2, -0.15) is 0 Å². The second-order valence-corrected chi connectivity index (χ2v) is 4.74. The van der Waals surface area contributed by atoms with Crippen molar-refractivity contribution in [3.05, 3.63) is 54.1 Å². The van der Waals surface area contributed by atoms with Crippen LogP contribution in [0.1, 0.15) is 19.3 Å². The second kappa shape index (κ2) is 3.82. The Kier molecular flexibility index (Phi) is 2.32. The van der Waals surface area contributed by atoms with E-state index in [2.05, 4.69) is 18.2 Å². The smallest absolute Gasteiger partial charge is 0.119 e. The van der Waals surface area contributed by atoms with Crippen LogP contribution in [0.25, 0.3) is 0 Å². The average molecular weight is 212 g/mol. The molecule has 0 amide bonds. The summed E-state index contributed by atoms with van der Waals surface area (Å²) in [4.78, 5) is 0. The van der Waals surface area contributed by atoms with Gasteiger partial charge >= 0.3 is 0 Å². The van der Waals surface area contributed by atoms with Crippen molar-refractivity contribution in [1.82, 2.24) is 0 Å². The summed E-state index contributed by atoms with van der Waals surface area (Å²) in [5.74, 6) is 0.966.